The zero-order valence-electron chi connectivity index (χ0n) is 16.8. The van der Waals surface area contributed by atoms with E-state index in [1.54, 1.807) is 10.5 Å². The SMILES string of the molecule is CCCN(Cc1ccc(C)cc1)Cc1cc(=O)n2c(-c3ccccc3)csc2n1. The number of rotatable bonds is 7. The fourth-order valence-electron chi connectivity index (χ4n) is 3.57. The fourth-order valence-corrected chi connectivity index (χ4v) is 4.49. The van der Waals surface area contributed by atoms with Crippen LogP contribution in [0.3, 0.4) is 0 Å². The van der Waals surface area contributed by atoms with E-state index in [9.17, 15) is 4.79 Å². The van der Waals surface area contributed by atoms with E-state index in [2.05, 4.69) is 43.0 Å². The molecular formula is C24H25N3OS. The number of nitrogens with zero attached hydrogens (tertiary/aromatic N) is 3. The Kier molecular flexibility index (Phi) is 5.88. The molecule has 2 heterocycles. The topological polar surface area (TPSA) is 37.6 Å². The summed E-state index contributed by atoms with van der Waals surface area (Å²) in [4.78, 5) is 20.8. The van der Waals surface area contributed by atoms with Gasteiger partial charge in [0.2, 0.25) is 0 Å². The van der Waals surface area contributed by atoms with Crippen molar-refractivity contribution in [1.29, 1.82) is 0 Å². The molecule has 29 heavy (non-hydrogen) atoms. The molecule has 0 atom stereocenters. The Morgan fingerprint density at radius 1 is 1.03 bits per heavy atom. The number of fused-ring (bicyclic) bond motifs is 1. The van der Waals surface area contributed by atoms with Crippen molar-refractivity contribution in [3.8, 4) is 11.3 Å². The number of hydrogen-bond acceptors (Lipinski definition) is 4. The molecule has 0 aliphatic rings. The summed E-state index contributed by atoms with van der Waals surface area (Å²) in [7, 11) is 0. The molecule has 0 fully saturated rings. The van der Waals surface area contributed by atoms with Crippen LogP contribution in [0.1, 0.15) is 30.2 Å². The van der Waals surface area contributed by atoms with Gasteiger partial charge < -0.3 is 0 Å². The molecule has 0 saturated carbocycles. The first kappa shape index (κ1) is 19.6. The highest BCUT2D eigenvalue weighted by Gasteiger charge is 2.13. The van der Waals surface area contributed by atoms with Crippen LogP contribution in [-0.4, -0.2) is 20.8 Å². The van der Waals surface area contributed by atoms with E-state index in [0.29, 0.717) is 6.54 Å². The molecule has 0 N–H and O–H groups in total. The quantitative estimate of drug-likeness (QED) is 0.429. The van der Waals surface area contributed by atoms with Crippen molar-refractivity contribution in [2.24, 2.45) is 0 Å². The first-order chi connectivity index (χ1) is 14.1. The molecule has 0 aliphatic heterocycles. The number of thiazole rings is 1. The molecule has 0 saturated heterocycles. The highest BCUT2D eigenvalue weighted by molar-refractivity contribution is 7.15. The maximum Gasteiger partial charge on any atom is 0.259 e. The Morgan fingerprint density at radius 3 is 2.52 bits per heavy atom. The average Bonchev–Trinajstić information content (AvgIpc) is 3.15. The van der Waals surface area contributed by atoms with Crippen LogP contribution in [0.2, 0.25) is 0 Å². The van der Waals surface area contributed by atoms with Gasteiger partial charge in [-0.05, 0) is 31.0 Å². The van der Waals surface area contributed by atoms with Crippen molar-refractivity contribution < 1.29 is 0 Å². The molecule has 5 heteroatoms. The van der Waals surface area contributed by atoms with Gasteiger partial charge in [-0.25, -0.2) is 4.98 Å². The Bertz CT molecular complexity index is 1150. The van der Waals surface area contributed by atoms with E-state index >= 15 is 0 Å². The largest absolute Gasteiger partial charge is 0.293 e. The van der Waals surface area contributed by atoms with E-state index in [4.69, 9.17) is 4.98 Å². The molecule has 0 unspecified atom stereocenters. The molecule has 0 radical (unpaired) electrons. The van der Waals surface area contributed by atoms with Crippen molar-refractivity contribution in [3.05, 3.63) is 93.2 Å². The maximum atomic E-state index is 12.9. The van der Waals surface area contributed by atoms with Crippen molar-refractivity contribution in [1.82, 2.24) is 14.3 Å². The normalized spacial score (nSPS) is 11.4. The summed E-state index contributed by atoms with van der Waals surface area (Å²) >= 11 is 1.52. The first-order valence-corrected chi connectivity index (χ1v) is 10.9. The second kappa shape index (κ2) is 8.72. The minimum Gasteiger partial charge on any atom is -0.293 e. The highest BCUT2D eigenvalue weighted by atomic mass is 32.1. The molecule has 148 valence electrons. The predicted octanol–water partition coefficient (Wildman–Crippen LogP) is 5.14. The minimum atomic E-state index is -0.0168. The smallest absolute Gasteiger partial charge is 0.259 e. The summed E-state index contributed by atoms with van der Waals surface area (Å²) in [6.07, 6.45) is 1.06. The fraction of sp³-hybridized carbons (Fsp3) is 0.250. The van der Waals surface area contributed by atoms with E-state index in [1.165, 1.54) is 22.5 Å². The molecule has 4 aromatic rings. The summed E-state index contributed by atoms with van der Waals surface area (Å²) in [5, 5.41) is 2.01. The summed E-state index contributed by atoms with van der Waals surface area (Å²) in [5.74, 6) is 0. The predicted molar refractivity (Wildman–Crippen MR) is 120 cm³/mol. The lowest BCUT2D eigenvalue weighted by molar-refractivity contribution is 0.254. The number of benzene rings is 2. The third-order valence-electron chi connectivity index (χ3n) is 4.98. The Morgan fingerprint density at radius 2 is 1.79 bits per heavy atom. The average molecular weight is 404 g/mol. The van der Waals surface area contributed by atoms with Gasteiger partial charge in [-0.3, -0.25) is 14.1 Å². The minimum absolute atomic E-state index is 0.0168. The van der Waals surface area contributed by atoms with Crippen LogP contribution >= 0.6 is 11.3 Å². The molecule has 2 aromatic carbocycles. The Labute approximate surface area is 175 Å². The van der Waals surface area contributed by atoms with Gasteiger partial charge in [0.15, 0.2) is 4.96 Å². The van der Waals surface area contributed by atoms with Gasteiger partial charge in [-0.1, -0.05) is 67.1 Å². The van der Waals surface area contributed by atoms with Gasteiger partial charge in [-0.15, -0.1) is 11.3 Å². The van der Waals surface area contributed by atoms with E-state index < -0.39 is 0 Å². The van der Waals surface area contributed by atoms with Crippen molar-refractivity contribution in [2.45, 2.75) is 33.4 Å². The van der Waals surface area contributed by atoms with Crippen LogP contribution in [0.4, 0.5) is 0 Å². The van der Waals surface area contributed by atoms with Gasteiger partial charge in [0.1, 0.15) is 0 Å². The Balaban J connectivity index is 1.61. The van der Waals surface area contributed by atoms with E-state index in [0.717, 1.165) is 41.4 Å². The van der Waals surface area contributed by atoms with Crippen LogP contribution in [0.15, 0.2) is 70.8 Å². The van der Waals surface area contributed by atoms with Gasteiger partial charge in [0.05, 0.1) is 11.4 Å². The second-order valence-corrected chi connectivity index (χ2v) is 8.22. The van der Waals surface area contributed by atoms with Crippen molar-refractivity contribution in [3.63, 3.8) is 0 Å². The molecule has 4 nitrogen and oxygen atoms in total. The lowest BCUT2D eigenvalue weighted by Gasteiger charge is -2.21. The van der Waals surface area contributed by atoms with Crippen LogP contribution in [-0.2, 0) is 13.1 Å². The highest BCUT2D eigenvalue weighted by Crippen LogP contribution is 2.24. The number of aromatic nitrogens is 2. The van der Waals surface area contributed by atoms with Gasteiger partial charge in [0, 0.05) is 24.5 Å². The van der Waals surface area contributed by atoms with Crippen molar-refractivity contribution >= 4 is 16.3 Å². The van der Waals surface area contributed by atoms with Crippen LogP contribution in [0.5, 0.6) is 0 Å². The maximum absolute atomic E-state index is 12.9. The third kappa shape index (κ3) is 4.47. The molecule has 2 aromatic heterocycles. The molecule has 0 amide bonds. The van der Waals surface area contributed by atoms with Crippen LogP contribution in [0.25, 0.3) is 16.2 Å². The molecule has 0 aliphatic carbocycles. The van der Waals surface area contributed by atoms with Gasteiger partial charge in [-0.2, -0.15) is 0 Å². The van der Waals surface area contributed by atoms with E-state index in [1.807, 2.05) is 35.7 Å². The lowest BCUT2D eigenvalue weighted by atomic mass is 10.1. The first-order valence-electron chi connectivity index (χ1n) is 9.97. The number of hydrogen-bond donors (Lipinski definition) is 0. The van der Waals surface area contributed by atoms with E-state index in [-0.39, 0.29) is 5.56 Å². The van der Waals surface area contributed by atoms with Crippen LogP contribution in [0, 0.1) is 6.92 Å². The molecule has 0 bridgehead atoms. The summed E-state index contributed by atoms with van der Waals surface area (Å²) in [5.41, 5.74) is 5.29. The Hall–Kier alpha value is -2.76. The molecular weight excluding hydrogens is 378 g/mol. The van der Waals surface area contributed by atoms with Gasteiger partial charge in [0.25, 0.3) is 5.56 Å². The molecule has 4 rings (SSSR count). The second-order valence-electron chi connectivity index (χ2n) is 7.39. The summed E-state index contributed by atoms with van der Waals surface area (Å²) < 4.78 is 1.72. The van der Waals surface area contributed by atoms with Crippen LogP contribution < -0.4 is 5.56 Å². The zero-order chi connectivity index (χ0) is 20.2. The lowest BCUT2D eigenvalue weighted by Crippen LogP contribution is -2.26. The monoisotopic (exact) mass is 403 g/mol. The molecule has 0 spiro atoms. The third-order valence-corrected chi connectivity index (χ3v) is 5.81. The van der Waals surface area contributed by atoms with Gasteiger partial charge >= 0.3 is 0 Å². The number of aryl methyl sites for hydroxylation is 1. The summed E-state index contributed by atoms with van der Waals surface area (Å²) in [6.45, 7) is 6.78. The summed E-state index contributed by atoms with van der Waals surface area (Å²) in [6, 6.07) is 20.3. The zero-order valence-corrected chi connectivity index (χ0v) is 17.7. The standard InChI is InChI=1S/C24H25N3OS/c1-3-13-26(15-19-11-9-18(2)10-12-19)16-21-14-23(28)27-22(17-29-24(27)25-21)20-7-5-4-6-8-20/h4-12,14,17H,3,13,15-16H2,1-2H3. The van der Waals surface area contributed by atoms with Crippen molar-refractivity contribution in [2.75, 3.05) is 6.54 Å².